The third kappa shape index (κ3) is 2.47. The van der Waals surface area contributed by atoms with Gasteiger partial charge in [-0.3, -0.25) is 4.79 Å². The number of likely N-dealkylation sites (tertiary alicyclic amines) is 1. The number of piperidine rings is 1. The third-order valence-electron chi connectivity index (χ3n) is 4.10. The molecule has 19 heavy (non-hydrogen) atoms. The summed E-state index contributed by atoms with van der Waals surface area (Å²) in [5.41, 5.74) is 0.515. The first-order valence-electron chi connectivity index (χ1n) is 6.63. The molecule has 0 aromatic heterocycles. The van der Waals surface area contributed by atoms with E-state index >= 15 is 0 Å². The van der Waals surface area contributed by atoms with Gasteiger partial charge < -0.3 is 10.2 Å². The van der Waals surface area contributed by atoms with Crippen LogP contribution < -0.4 is 5.32 Å². The molecule has 3 rings (SSSR count). The van der Waals surface area contributed by atoms with Crippen molar-refractivity contribution in [3.8, 4) is 0 Å². The maximum atomic E-state index is 12.7. The van der Waals surface area contributed by atoms with Crippen LogP contribution in [0.2, 0.25) is 10.0 Å². The molecule has 1 aromatic carbocycles. The summed E-state index contributed by atoms with van der Waals surface area (Å²) in [6.07, 6.45) is 2.26. The molecule has 5 heteroatoms. The molecule has 0 saturated carbocycles. The molecule has 2 fully saturated rings. The van der Waals surface area contributed by atoms with Crippen LogP contribution in [0.3, 0.4) is 0 Å². The molecule has 0 aliphatic carbocycles. The van der Waals surface area contributed by atoms with Gasteiger partial charge in [0.15, 0.2) is 0 Å². The van der Waals surface area contributed by atoms with E-state index in [1.54, 1.807) is 18.2 Å². The molecule has 2 unspecified atom stereocenters. The molecule has 0 spiro atoms. The number of hydrogen-bond acceptors (Lipinski definition) is 2. The molecule has 2 saturated heterocycles. The van der Waals surface area contributed by atoms with Crippen molar-refractivity contribution >= 4 is 29.1 Å². The van der Waals surface area contributed by atoms with Crippen molar-refractivity contribution in [2.75, 3.05) is 19.6 Å². The van der Waals surface area contributed by atoms with Crippen molar-refractivity contribution < 1.29 is 4.79 Å². The molecule has 0 bridgehead atoms. The first kappa shape index (κ1) is 13.2. The topological polar surface area (TPSA) is 32.3 Å². The van der Waals surface area contributed by atoms with E-state index in [1.807, 2.05) is 4.90 Å². The lowest BCUT2D eigenvalue weighted by Gasteiger charge is -2.37. The number of carbonyl (C=O) groups is 1. The SMILES string of the molecule is O=C(c1cc(Cl)ccc1Cl)N1CCCC2CNCC21. The molecule has 1 N–H and O–H groups in total. The Balaban J connectivity index is 1.88. The second kappa shape index (κ2) is 5.31. The van der Waals surface area contributed by atoms with Gasteiger partial charge in [-0.05, 0) is 37.0 Å². The predicted octanol–water partition coefficient (Wildman–Crippen LogP) is 2.82. The first-order chi connectivity index (χ1) is 9.16. The summed E-state index contributed by atoms with van der Waals surface area (Å²) in [7, 11) is 0. The van der Waals surface area contributed by atoms with Crippen molar-refractivity contribution in [2.45, 2.75) is 18.9 Å². The number of carbonyl (C=O) groups excluding carboxylic acids is 1. The van der Waals surface area contributed by atoms with Gasteiger partial charge in [0.05, 0.1) is 10.6 Å². The van der Waals surface area contributed by atoms with E-state index in [9.17, 15) is 4.79 Å². The van der Waals surface area contributed by atoms with Crippen molar-refractivity contribution in [3.63, 3.8) is 0 Å². The van der Waals surface area contributed by atoms with Crippen molar-refractivity contribution in [2.24, 2.45) is 5.92 Å². The lowest BCUT2D eigenvalue weighted by molar-refractivity contribution is 0.0575. The summed E-state index contributed by atoms with van der Waals surface area (Å²) >= 11 is 12.1. The maximum absolute atomic E-state index is 12.7. The van der Waals surface area contributed by atoms with Crippen LogP contribution in [-0.2, 0) is 0 Å². The number of amides is 1. The molecule has 102 valence electrons. The van der Waals surface area contributed by atoms with Crippen LogP contribution in [0.4, 0.5) is 0 Å². The Morgan fingerprint density at radius 1 is 1.32 bits per heavy atom. The molecule has 2 aliphatic heterocycles. The second-order valence-corrected chi connectivity index (χ2v) is 6.09. The number of fused-ring (bicyclic) bond motifs is 1. The Morgan fingerprint density at radius 2 is 2.16 bits per heavy atom. The molecule has 1 amide bonds. The van der Waals surface area contributed by atoms with Crippen LogP contribution >= 0.6 is 23.2 Å². The largest absolute Gasteiger partial charge is 0.334 e. The van der Waals surface area contributed by atoms with E-state index in [0.29, 0.717) is 27.6 Å². The normalized spacial score (nSPS) is 26.3. The zero-order chi connectivity index (χ0) is 13.4. The highest BCUT2D eigenvalue weighted by Gasteiger charge is 2.37. The smallest absolute Gasteiger partial charge is 0.255 e. The summed E-state index contributed by atoms with van der Waals surface area (Å²) in [6, 6.07) is 5.36. The molecule has 1 aromatic rings. The van der Waals surface area contributed by atoms with Gasteiger partial charge in [-0.25, -0.2) is 0 Å². The minimum atomic E-state index is 0.00546. The van der Waals surface area contributed by atoms with E-state index in [2.05, 4.69) is 5.32 Å². The average Bonchev–Trinajstić information content (AvgIpc) is 2.89. The highest BCUT2D eigenvalue weighted by molar-refractivity contribution is 6.35. The summed E-state index contributed by atoms with van der Waals surface area (Å²) in [4.78, 5) is 14.6. The summed E-state index contributed by atoms with van der Waals surface area (Å²) in [6.45, 7) is 2.71. The molecule has 2 atom stereocenters. The predicted molar refractivity (Wildman–Crippen MR) is 76.9 cm³/mol. The second-order valence-electron chi connectivity index (χ2n) is 5.25. The first-order valence-corrected chi connectivity index (χ1v) is 7.39. The average molecular weight is 299 g/mol. The van der Waals surface area contributed by atoms with Crippen LogP contribution in [0.15, 0.2) is 18.2 Å². The van der Waals surface area contributed by atoms with Gasteiger partial charge in [0.25, 0.3) is 5.91 Å². The Hall–Kier alpha value is -0.770. The Bertz CT molecular complexity index is 506. The van der Waals surface area contributed by atoms with E-state index in [-0.39, 0.29) is 5.91 Å². The molecule has 3 nitrogen and oxygen atoms in total. The van der Waals surface area contributed by atoms with E-state index in [1.165, 1.54) is 6.42 Å². The summed E-state index contributed by atoms with van der Waals surface area (Å²) in [5, 5.41) is 4.40. The van der Waals surface area contributed by atoms with Crippen LogP contribution in [-0.4, -0.2) is 36.5 Å². The molecular formula is C14H16Cl2N2O. The van der Waals surface area contributed by atoms with E-state index < -0.39 is 0 Å². The van der Waals surface area contributed by atoms with E-state index in [0.717, 1.165) is 26.1 Å². The lowest BCUT2D eigenvalue weighted by Crippen LogP contribution is -2.48. The van der Waals surface area contributed by atoms with Gasteiger partial charge >= 0.3 is 0 Å². The number of hydrogen-bond donors (Lipinski definition) is 1. The van der Waals surface area contributed by atoms with Crippen molar-refractivity contribution in [1.29, 1.82) is 0 Å². The van der Waals surface area contributed by atoms with Crippen LogP contribution in [0, 0.1) is 5.92 Å². The zero-order valence-corrected chi connectivity index (χ0v) is 12.0. The van der Waals surface area contributed by atoms with Gasteiger partial charge in [-0.15, -0.1) is 0 Å². The summed E-state index contributed by atoms with van der Waals surface area (Å²) in [5.74, 6) is 0.585. The van der Waals surface area contributed by atoms with Gasteiger partial charge in [0, 0.05) is 30.7 Å². The summed E-state index contributed by atoms with van der Waals surface area (Å²) < 4.78 is 0. The Labute approximate surface area is 122 Å². The van der Waals surface area contributed by atoms with Gasteiger partial charge in [-0.1, -0.05) is 23.2 Å². The number of nitrogens with one attached hydrogen (secondary N) is 1. The number of rotatable bonds is 1. The van der Waals surface area contributed by atoms with Crippen LogP contribution in [0.25, 0.3) is 0 Å². The van der Waals surface area contributed by atoms with E-state index in [4.69, 9.17) is 23.2 Å². The van der Waals surface area contributed by atoms with Gasteiger partial charge in [0.1, 0.15) is 0 Å². The quantitative estimate of drug-likeness (QED) is 0.865. The maximum Gasteiger partial charge on any atom is 0.255 e. The fraction of sp³-hybridized carbons (Fsp3) is 0.500. The molecular weight excluding hydrogens is 283 g/mol. The fourth-order valence-corrected chi connectivity index (χ4v) is 3.51. The minimum Gasteiger partial charge on any atom is -0.334 e. The minimum absolute atomic E-state index is 0.00546. The zero-order valence-electron chi connectivity index (χ0n) is 10.5. The highest BCUT2D eigenvalue weighted by Crippen LogP contribution is 2.30. The Morgan fingerprint density at radius 3 is 3.00 bits per heavy atom. The van der Waals surface area contributed by atoms with Gasteiger partial charge in [-0.2, -0.15) is 0 Å². The molecule has 0 radical (unpaired) electrons. The molecule has 2 aliphatic rings. The van der Waals surface area contributed by atoms with Gasteiger partial charge in [0.2, 0.25) is 0 Å². The fourth-order valence-electron chi connectivity index (χ4n) is 3.14. The highest BCUT2D eigenvalue weighted by atomic mass is 35.5. The monoisotopic (exact) mass is 298 g/mol. The Kier molecular flexibility index (Phi) is 3.70. The van der Waals surface area contributed by atoms with Crippen LogP contribution in [0.5, 0.6) is 0 Å². The van der Waals surface area contributed by atoms with Crippen molar-refractivity contribution in [1.82, 2.24) is 10.2 Å². The molecule has 2 heterocycles. The third-order valence-corrected chi connectivity index (χ3v) is 4.66. The number of nitrogens with zero attached hydrogens (tertiary/aromatic N) is 1. The van der Waals surface area contributed by atoms with Crippen LogP contribution in [0.1, 0.15) is 23.2 Å². The number of benzene rings is 1. The van der Waals surface area contributed by atoms with Crippen molar-refractivity contribution in [3.05, 3.63) is 33.8 Å². The standard InChI is InChI=1S/C14H16Cl2N2O/c15-10-3-4-12(16)11(6-10)14(19)18-5-1-2-9-7-17-8-13(9)18/h3-4,6,9,13,17H,1-2,5,7-8H2. The number of halogens is 2. The lowest BCUT2D eigenvalue weighted by atomic mass is 9.91.